The fraction of sp³-hybridized carbons (Fsp3) is 0.421. The summed E-state index contributed by atoms with van der Waals surface area (Å²) >= 11 is 1.24. The summed E-state index contributed by atoms with van der Waals surface area (Å²) in [6, 6.07) is 11.5. The quantitative estimate of drug-likeness (QED) is 0.659. The second kappa shape index (κ2) is 9.04. The number of anilines is 1. The molecule has 152 valence electrons. The van der Waals surface area contributed by atoms with E-state index in [1.165, 1.54) is 15.6 Å². The molecule has 1 aromatic carbocycles. The average Bonchev–Trinajstić information content (AvgIpc) is 3.23. The van der Waals surface area contributed by atoms with E-state index in [1.54, 1.807) is 17.5 Å². The van der Waals surface area contributed by atoms with Crippen molar-refractivity contribution in [2.75, 3.05) is 51.7 Å². The molecule has 2 heterocycles. The lowest BCUT2D eigenvalue weighted by molar-refractivity contribution is -0.895. The first kappa shape index (κ1) is 20.8. The van der Waals surface area contributed by atoms with Gasteiger partial charge in [-0.2, -0.15) is 4.31 Å². The van der Waals surface area contributed by atoms with Crippen LogP contribution in [0.4, 0.5) is 5.69 Å². The largest absolute Gasteiger partial charge is 0.378 e. The van der Waals surface area contributed by atoms with Gasteiger partial charge in [0.15, 0.2) is 6.54 Å². The molecule has 1 aliphatic rings. The molecule has 0 aliphatic carbocycles. The SMILES string of the molecule is CN(C)c1ccc(CNC(=O)C[NH+]2CCN(S(=O)(=O)c3cccs3)CC2)cc1. The predicted molar refractivity (Wildman–Crippen MR) is 111 cm³/mol. The Hall–Kier alpha value is -1.94. The minimum Gasteiger partial charge on any atom is -0.378 e. The maximum Gasteiger partial charge on any atom is 0.275 e. The summed E-state index contributed by atoms with van der Waals surface area (Å²) in [6.07, 6.45) is 0. The van der Waals surface area contributed by atoms with Crippen LogP contribution in [0.25, 0.3) is 0 Å². The zero-order valence-electron chi connectivity index (χ0n) is 16.2. The Morgan fingerprint density at radius 3 is 2.43 bits per heavy atom. The van der Waals surface area contributed by atoms with E-state index in [0.717, 1.165) is 16.2 Å². The van der Waals surface area contributed by atoms with Crippen molar-refractivity contribution in [2.24, 2.45) is 0 Å². The highest BCUT2D eigenvalue weighted by atomic mass is 32.2. The second-order valence-electron chi connectivity index (χ2n) is 7.10. The first-order valence-electron chi connectivity index (χ1n) is 9.26. The monoisotopic (exact) mass is 423 g/mol. The molecule has 9 heteroatoms. The van der Waals surface area contributed by atoms with Gasteiger partial charge in [0.25, 0.3) is 15.9 Å². The van der Waals surface area contributed by atoms with Crippen LogP contribution in [0.2, 0.25) is 0 Å². The molecule has 0 unspecified atom stereocenters. The molecule has 7 nitrogen and oxygen atoms in total. The Balaban J connectivity index is 1.43. The van der Waals surface area contributed by atoms with Crippen molar-refractivity contribution in [1.29, 1.82) is 0 Å². The van der Waals surface area contributed by atoms with Crippen LogP contribution in [0.3, 0.4) is 0 Å². The van der Waals surface area contributed by atoms with E-state index in [0.29, 0.717) is 43.5 Å². The zero-order chi connectivity index (χ0) is 20.1. The number of rotatable bonds is 7. The van der Waals surface area contributed by atoms with Crippen LogP contribution in [-0.4, -0.2) is 65.4 Å². The zero-order valence-corrected chi connectivity index (χ0v) is 17.9. The molecular formula is C19H27N4O3S2+. The van der Waals surface area contributed by atoms with Crippen molar-refractivity contribution in [1.82, 2.24) is 9.62 Å². The summed E-state index contributed by atoms with van der Waals surface area (Å²) in [7, 11) is 0.590. The number of nitrogens with one attached hydrogen (secondary N) is 2. The van der Waals surface area contributed by atoms with Gasteiger partial charge in [-0.25, -0.2) is 8.42 Å². The highest BCUT2D eigenvalue weighted by molar-refractivity contribution is 7.91. The van der Waals surface area contributed by atoms with E-state index in [1.807, 2.05) is 43.3 Å². The van der Waals surface area contributed by atoms with Gasteiger partial charge < -0.3 is 15.1 Å². The topological polar surface area (TPSA) is 74.2 Å². The summed E-state index contributed by atoms with van der Waals surface area (Å²) in [5.74, 6) is -0.0127. The van der Waals surface area contributed by atoms with Gasteiger partial charge in [0.1, 0.15) is 4.21 Å². The Labute approximate surface area is 170 Å². The third-order valence-electron chi connectivity index (χ3n) is 4.87. The van der Waals surface area contributed by atoms with E-state index in [9.17, 15) is 13.2 Å². The van der Waals surface area contributed by atoms with Crippen molar-refractivity contribution in [3.63, 3.8) is 0 Å². The van der Waals surface area contributed by atoms with Gasteiger partial charge in [-0.15, -0.1) is 11.3 Å². The molecule has 1 aromatic heterocycles. The standard InChI is InChI=1S/C19H26N4O3S2/c1-21(2)17-7-5-16(6-8-17)14-20-18(24)15-22-9-11-23(12-10-22)28(25,26)19-4-3-13-27-19/h3-8,13H,9-12,14-15H2,1-2H3,(H,20,24)/p+1. The molecule has 0 atom stereocenters. The van der Waals surface area contributed by atoms with Gasteiger partial charge in [-0.1, -0.05) is 18.2 Å². The van der Waals surface area contributed by atoms with Gasteiger partial charge in [0.2, 0.25) is 0 Å². The molecule has 1 aliphatic heterocycles. The minimum atomic E-state index is -3.39. The molecule has 0 spiro atoms. The molecule has 0 saturated carbocycles. The van der Waals surface area contributed by atoms with Gasteiger partial charge in [-0.05, 0) is 29.1 Å². The highest BCUT2D eigenvalue weighted by Crippen LogP contribution is 2.20. The summed E-state index contributed by atoms with van der Waals surface area (Å²) < 4.78 is 27.0. The van der Waals surface area contributed by atoms with E-state index >= 15 is 0 Å². The maximum atomic E-state index is 12.5. The average molecular weight is 424 g/mol. The van der Waals surface area contributed by atoms with Crippen LogP contribution in [0.15, 0.2) is 46.0 Å². The molecule has 2 aromatic rings. The number of carbonyl (C=O) groups excluding carboxylic acids is 1. The number of thiophene rings is 1. The predicted octanol–water partition coefficient (Wildman–Crippen LogP) is 0.0197. The van der Waals surface area contributed by atoms with Crippen LogP contribution >= 0.6 is 11.3 Å². The maximum absolute atomic E-state index is 12.5. The van der Waals surface area contributed by atoms with Crippen molar-refractivity contribution < 1.29 is 18.1 Å². The molecule has 1 amide bonds. The number of benzene rings is 1. The molecular weight excluding hydrogens is 396 g/mol. The summed E-state index contributed by atoms with van der Waals surface area (Å²) in [5, 5.41) is 4.73. The fourth-order valence-electron chi connectivity index (χ4n) is 3.16. The number of quaternary nitrogens is 1. The first-order chi connectivity index (χ1) is 13.4. The van der Waals surface area contributed by atoms with Crippen molar-refractivity contribution in [3.05, 3.63) is 47.3 Å². The number of amides is 1. The highest BCUT2D eigenvalue weighted by Gasteiger charge is 2.31. The second-order valence-corrected chi connectivity index (χ2v) is 10.2. The van der Waals surface area contributed by atoms with E-state index in [2.05, 4.69) is 5.32 Å². The molecule has 2 N–H and O–H groups in total. The molecule has 0 bridgehead atoms. The van der Waals surface area contributed by atoms with E-state index in [4.69, 9.17) is 0 Å². The van der Waals surface area contributed by atoms with Crippen LogP contribution in [0.5, 0.6) is 0 Å². The summed E-state index contributed by atoms with van der Waals surface area (Å²) in [6.45, 7) is 3.01. The molecule has 1 fully saturated rings. The Morgan fingerprint density at radius 2 is 1.86 bits per heavy atom. The Kier molecular flexibility index (Phi) is 6.71. The van der Waals surface area contributed by atoms with Crippen LogP contribution < -0.4 is 15.1 Å². The molecule has 0 radical (unpaired) electrons. The Bertz CT molecular complexity index is 872. The number of hydrogen-bond donors (Lipinski definition) is 2. The van der Waals surface area contributed by atoms with Crippen molar-refractivity contribution in [3.8, 4) is 0 Å². The number of sulfonamides is 1. The van der Waals surface area contributed by atoms with E-state index < -0.39 is 10.0 Å². The smallest absolute Gasteiger partial charge is 0.275 e. The van der Waals surface area contributed by atoms with Crippen molar-refractivity contribution in [2.45, 2.75) is 10.8 Å². The fourth-order valence-corrected chi connectivity index (χ4v) is 5.75. The third-order valence-corrected chi connectivity index (χ3v) is 8.14. The molecule has 3 rings (SSSR count). The van der Waals surface area contributed by atoms with Gasteiger partial charge in [-0.3, -0.25) is 4.79 Å². The minimum absolute atomic E-state index is 0.0127. The molecule has 1 saturated heterocycles. The van der Waals surface area contributed by atoms with Crippen LogP contribution in [0.1, 0.15) is 5.56 Å². The lowest BCUT2D eigenvalue weighted by Crippen LogP contribution is -3.15. The summed E-state index contributed by atoms with van der Waals surface area (Å²) in [4.78, 5) is 15.4. The van der Waals surface area contributed by atoms with Gasteiger partial charge in [0, 0.05) is 26.3 Å². The number of hydrogen-bond acceptors (Lipinski definition) is 5. The van der Waals surface area contributed by atoms with Crippen LogP contribution in [-0.2, 0) is 21.4 Å². The van der Waals surface area contributed by atoms with Gasteiger partial charge in [0.05, 0.1) is 26.2 Å². The van der Waals surface area contributed by atoms with Gasteiger partial charge >= 0.3 is 0 Å². The lowest BCUT2D eigenvalue weighted by atomic mass is 10.2. The first-order valence-corrected chi connectivity index (χ1v) is 11.6. The molecule has 28 heavy (non-hydrogen) atoms. The third kappa shape index (κ3) is 5.11. The Morgan fingerprint density at radius 1 is 1.18 bits per heavy atom. The normalized spacial score (nSPS) is 16.1. The van der Waals surface area contributed by atoms with E-state index in [-0.39, 0.29) is 5.91 Å². The summed E-state index contributed by atoms with van der Waals surface area (Å²) in [5.41, 5.74) is 2.18. The van der Waals surface area contributed by atoms with Crippen molar-refractivity contribution >= 4 is 33.0 Å². The number of nitrogens with zero attached hydrogens (tertiary/aromatic N) is 2. The van der Waals surface area contributed by atoms with Crippen LogP contribution in [0, 0.1) is 0 Å². The number of piperazine rings is 1. The lowest BCUT2D eigenvalue weighted by Gasteiger charge is -2.30. The number of carbonyl (C=O) groups is 1.